The number of rotatable bonds is 5. The van der Waals surface area contributed by atoms with Gasteiger partial charge in [-0.3, -0.25) is 10.1 Å². The lowest BCUT2D eigenvalue weighted by Crippen LogP contribution is -2.04. The maximum Gasteiger partial charge on any atom is 0.392 e. The van der Waals surface area contributed by atoms with E-state index >= 15 is 0 Å². The molecule has 0 aromatic heterocycles. The van der Waals surface area contributed by atoms with Crippen molar-refractivity contribution in [2.75, 3.05) is 6.54 Å². The second-order valence-electron chi connectivity index (χ2n) is 2.49. The molecule has 13 heavy (non-hydrogen) atoms. The fourth-order valence-electron chi connectivity index (χ4n) is 0.673. The molecule has 0 amide bonds. The van der Waals surface area contributed by atoms with Gasteiger partial charge in [0.15, 0.2) is 0 Å². The lowest BCUT2D eigenvalue weighted by atomic mass is 10.2. The molecule has 0 aliphatic heterocycles. The average molecular weight is 197 g/mol. The van der Waals surface area contributed by atoms with E-state index in [2.05, 4.69) is 0 Å². The zero-order valence-corrected chi connectivity index (χ0v) is 6.88. The molecule has 3 nitrogen and oxygen atoms in total. The molecule has 0 spiro atoms. The van der Waals surface area contributed by atoms with E-state index in [1.807, 2.05) is 0 Å². The van der Waals surface area contributed by atoms with Gasteiger partial charge in [-0.05, 0) is 6.42 Å². The third-order valence-corrected chi connectivity index (χ3v) is 1.23. The molecule has 0 aliphatic rings. The van der Waals surface area contributed by atoms with Gasteiger partial charge in [-0.2, -0.15) is 13.2 Å². The highest BCUT2D eigenvalue weighted by molar-refractivity contribution is 4.83. The molecule has 0 aromatic rings. The summed E-state index contributed by atoms with van der Waals surface area (Å²) in [6.45, 7) is -0.198. The molecule has 0 aromatic carbocycles. The minimum atomic E-state index is -4.18. The van der Waals surface area contributed by atoms with Crippen LogP contribution < -0.4 is 0 Å². The van der Waals surface area contributed by atoms with Crippen LogP contribution in [-0.2, 0) is 0 Å². The number of allylic oxidation sites excluding steroid dienone is 2. The number of unbranched alkanes of at least 4 members (excludes halogenated alkanes) is 1. The van der Waals surface area contributed by atoms with Gasteiger partial charge in [-0.25, -0.2) is 0 Å². The van der Waals surface area contributed by atoms with Crippen LogP contribution in [0.2, 0.25) is 0 Å². The topological polar surface area (TPSA) is 43.1 Å². The van der Waals surface area contributed by atoms with Crippen LogP contribution in [0.5, 0.6) is 0 Å². The molecular weight excluding hydrogens is 187 g/mol. The highest BCUT2D eigenvalue weighted by Gasteiger charge is 2.24. The third-order valence-electron chi connectivity index (χ3n) is 1.23. The Hall–Kier alpha value is -1.07. The van der Waals surface area contributed by atoms with E-state index in [0.717, 1.165) is 6.08 Å². The van der Waals surface area contributed by atoms with Crippen LogP contribution in [0, 0.1) is 10.1 Å². The van der Waals surface area contributed by atoms with Crippen molar-refractivity contribution in [3.63, 3.8) is 0 Å². The Bertz CT molecular complexity index is 189. The van der Waals surface area contributed by atoms with Crippen LogP contribution in [0.3, 0.4) is 0 Å². The first kappa shape index (κ1) is 11.9. The summed E-state index contributed by atoms with van der Waals surface area (Å²) in [5.74, 6) is 0. The van der Waals surface area contributed by atoms with Crippen LogP contribution in [0.15, 0.2) is 12.2 Å². The number of nitrogens with zero attached hydrogens (tertiary/aromatic N) is 1. The van der Waals surface area contributed by atoms with Crippen molar-refractivity contribution in [3.05, 3.63) is 22.3 Å². The number of alkyl halides is 3. The maximum atomic E-state index is 11.5. The number of halogens is 3. The monoisotopic (exact) mass is 197 g/mol. The van der Waals surface area contributed by atoms with E-state index in [1.54, 1.807) is 0 Å². The van der Waals surface area contributed by atoms with Crippen LogP contribution in [-0.4, -0.2) is 17.6 Å². The second kappa shape index (κ2) is 5.55. The fourth-order valence-corrected chi connectivity index (χ4v) is 0.673. The number of hydrogen-bond donors (Lipinski definition) is 0. The minimum absolute atomic E-state index is 0.198. The zero-order valence-electron chi connectivity index (χ0n) is 6.88. The maximum absolute atomic E-state index is 11.5. The summed E-state index contributed by atoms with van der Waals surface area (Å²) in [6.07, 6.45) is -2.25. The summed E-state index contributed by atoms with van der Waals surface area (Å²) >= 11 is 0. The Morgan fingerprint density at radius 2 is 1.92 bits per heavy atom. The molecule has 0 aliphatic carbocycles. The van der Waals surface area contributed by atoms with E-state index in [9.17, 15) is 23.3 Å². The van der Waals surface area contributed by atoms with E-state index in [0.29, 0.717) is 6.42 Å². The Morgan fingerprint density at radius 3 is 2.38 bits per heavy atom. The molecular formula is C7H10F3NO2. The highest BCUT2D eigenvalue weighted by Crippen LogP contribution is 2.19. The van der Waals surface area contributed by atoms with Gasteiger partial charge in [0.05, 0.1) is 6.42 Å². The van der Waals surface area contributed by atoms with Gasteiger partial charge in [0.25, 0.3) is 0 Å². The number of nitro groups is 1. The van der Waals surface area contributed by atoms with Crippen molar-refractivity contribution < 1.29 is 18.1 Å². The first-order valence-electron chi connectivity index (χ1n) is 3.75. The number of hydrogen-bond acceptors (Lipinski definition) is 2. The van der Waals surface area contributed by atoms with Crippen molar-refractivity contribution in [1.29, 1.82) is 0 Å². The van der Waals surface area contributed by atoms with Gasteiger partial charge in [0.2, 0.25) is 6.54 Å². The van der Waals surface area contributed by atoms with Gasteiger partial charge < -0.3 is 0 Å². The normalized spacial score (nSPS) is 12.2. The predicted octanol–water partition coefficient (Wildman–Crippen LogP) is 2.55. The van der Waals surface area contributed by atoms with Gasteiger partial charge >= 0.3 is 6.18 Å². The Kier molecular flexibility index (Phi) is 5.10. The molecule has 0 saturated carbocycles. The molecule has 6 heteroatoms. The van der Waals surface area contributed by atoms with Crippen LogP contribution >= 0.6 is 0 Å². The molecule has 0 atom stereocenters. The van der Waals surface area contributed by atoms with Gasteiger partial charge in [-0.1, -0.05) is 12.2 Å². The lowest BCUT2D eigenvalue weighted by Gasteiger charge is -1.99. The van der Waals surface area contributed by atoms with Crippen LogP contribution in [0.1, 0.15) is 19.3 Å². The average Bonchev–Trinajstić information content (AvgIpc) is 1.93. The zero-order chi connectivity index (χ0) is 10.3. The predicted molar refractivity (Wildman–Crippen MR) is 40.9 cm³/mol. The largest absolute Gasteiger partial charge is 0.392 e. The Balaban J connectivity index is 3.38. The smallest absolute Gasteiger partial charge is 0.265 e. The van der Waals surface area contributed by atoms with Crippen molar-refractivity contribution >= 4 is 0 Å². The quantitative estimate of drug-likeness (QED) is 0.294. The summed E-state index contributed by atoms with van der Waals surface area (Å²) in [5.41, 5.74) is 0. The summed E-state index contributed by atoms with van der Waals surface area (Å²) in [6, 6.07) is 0. The van der Waals surface area contributed by atoms with E-state index in [4.69, 9.17) is 0 Å². The van der Waals surface area contributed by atoms with Gasteiger partial charge in [0, 0.05) is 11.3 Å². The summed E-state index contributed by atoms with van der Waals surface area (Å²) in [5, 5.41) is 9.79. The molecule has 0 N–H and O–H groups in total. The lowest BCUT2D eigenvalue weighted by molar-refractivity contribution is -0.480. The SMILES string of the molecule is O=[N+]([O-])CCC/C=C/CC(F)(F)F. The highest BCUT2D eigenvalue weighted by atomic mass is 19.4. The molecule has 76 valence electrons. The van der Waals surface area contributed by atoms with E-state index in [1.165, 1.54) is 6.08 Å². The summed E-state index contributed by atoms with van der Waals surface area (Å²) < 4.78 is 34.6. The first-order chi connectivity index (χ1) is 5.92. The minimum Gasteiger partial charge on any atom is -0.265 e. The van der Waals surface area contributed by atoms with Crippen LogP contribution in [0.4, 0.5) is 13.2 Å². The fraction of sp³-hybridized carbons (Fsp3) is 0.714. The molecule has 0 unspecified atom stereocenters. The Labute approximate surface area is 73.4 Å². The van der Waals surface area contributed by atoms with Crippen molar-refractivity contribution in [1.82, 2.24) is 0 Å². The van der Waals surface area contributed by atoms with Crippen LogP contribution in [0.25, 0.3) is 0 Å². The van der Waals surface area contributed by atoms with Gasteiger partial charge in [-0.15, -0.1) is 0 Å². The summed E-state index contributed by atoms with van der Waals surface area (Å²) in [7, 11) is 0. The molecule has 0 heterocycles. The molecule has 0 fully saturated rings. The molecule has 0 radical (unpaired) electrons. The molecule has 0 saturated heterocycles. The third kappa shape index (κ3) is 10.9. The first-order valence-corrected chi connectivity index (χ1v) is 3.75. The Morgan fingerprint density at radius 1 is 1.31 bits per heavy atom. The van der Waals surface area contributed by atoms with Gasteiger partial charge in [0.1, 0.15) is 0 Å². The summed E-state index contributed by atoms with van der Waals surface area (Å²) in [4.78, 5) is 9.30. The molecule has 0 bridgehead atoms. The molecule has 0 rings (SSSR count). The van der Waals surface area contributed by atoms with Crippen molar-refractivity contribution in [3.8, 4) is 0 Å². The van der Waals surface area contributed by atoms with Crippen molar-refractivity contribution in [2.45, 2.75) is 25.4 Å². The van der Waals surface area contributed by atoms with E-state index in [-0.39, 0.29) is 13.0 Å². The standard InChI is InChI=1S/C7H10F3NO2/c8-7(9,10)5-3-1-2-4-6-11(12)13/h1,3H,2,4-6H2/b3-1+. The van der Waals surface area contributed by atoms with E-state index < -0.39 is 17.5 Å². The second-order valence-corrected chi connectivity index (χ2v) is 2.49. The van der Waals surface area contributed by atoms with Crippen molar-refractivity contribution in [2.24, 2.45) is 0 Å².